The number of halogens is 4. The molecule has 1 aromatic carbocycles. The molecule has 24 heavy (non-hydrogen) atoms. The van der Waals surface area contributed by atoms with Crippen LogP contribution < -0.4 is 5.73 Å². The van der Waals surface area contributed by atoms with Crippen LogP contribution in [0.3, 0.4) is 0 Å². The Bertz CT molecular complexity index is 946. The van der Waals surface area contributed by atoms with Crippen LogP contribution in [0.25, 0.3) is 11.2 Å². The molecule has 0 atom stereocenters. The molecular weight excluding hydrogens is 343 g/mol. The Morgan fingerprint density at radius 2 is 2.04 bits per heavy atom. The third-order valence-electron chi connectivity index (χ3n) is 3.38. The maximum absolute atomic E-state index is 12.7. The van der Waals surface area contributed by atoms with Crippen molar-refractivity contribution in [2.24, 2.45) is 12.0 Å². The summed E-state index contributed by atoms with van der Waals surface area (Å²) in [6.07, 6.45) is -2.25. The van der Waals surface area contributed by atoms with Crippen LogP contribution in [0.5, 0.6) is 0 Å². The Labute approximate surface area is 139 Å². The molecule has 0 saturated heterocycles. The van der Waals surface area contributed by atoms with E-state index in [1.807, 2.05) is 0 Å². The normalized spacial score (nSPS) is 12.4. The standard InChI is InChI=1S/C15H11ClF3N5/c1-24-13-12(5-9(7-21-13)15(17,18)19)23-14(24)22-6-8-4-10(16)2-3-11(8)20/h2-7H,20H2,1H3. The summed E-state index contributed by atoms with van der Waals surface area (Å²) < 4.78 is 39.7. The largest absolute Gasteiger partial charge is 0.417 e. The molecule has 0 aliphatic heterocycles. The first-order valence-electron chi connectivity index (χ1n) is 6.74. The zero-order valence-electron chi connectivity index (χ0n) is 12.3. The molecule has 0 bridgehead atoms. The summed E-state index contributed by atoms with van der Waals surface area (Å²) in [5.41, 5.74) is 6.42. The molecule has 5 nitrogen and oxygen atoms in total. The smallest absolute Gasteiger partial charge is 0.398 e. The van der Waals surface area contributed by atoms with Crippen LogP contribution in [0.1, 0.15) is 11.1 Å². The number of imidazole rings is 1. The second-order valence-corrected chi connectivity index (χ2v) is 5.50. The number of aromatic nitrogens is 3. The minimum Gasteiger partial charge on any atom is -0.398 e. The number of fused-ring (bicyclic) bond motifs is 1. The average molecular weight is 354 g/mol. The monoisotopic (exact) mass is 353 g/mol. The minimum absolute atomic E-state index is 0.110. The van der Waals surface area contributed by atoms with Crippen molar-refractivity contribution < 1.29 is 13.2 Å². The molecule has 0 spiro atoms. The predicted octanol–water partition coefficient (Wildman–Crippen LogP) is 3.97. The summed E-state index contributed by atoms with van der Waals surface area (Å²) in [5.74, 6) is 0.205. The van der Waals surface area contributed by atoms with Gasteiger partial charge in [0.1, 0.15) is 5.52 Å². The van der Waals surface area contributed by atoms with Gasteiger partial charge in [0, 0.05) is 35.7 Å². The molecule has 3 rings (SSSR count). The molecule has 0 radical (unpaired) electrons. The number of nitrogen functional groups attached to an aromatic ring is 1. The van der Waals surface area contributed by atoms with E-state index in [1.54, 1.807) is 25.2 Å². The molecule has 0 aliphatic rings. The zero-order valence-corrected chi connectivity index (χ0v) is 13.1. The highest BCUT2D eigenvalue weighted by atomic mass is 35.5. The zero-order chi connectivity index (χ0) is 17.5. The Morgan fingerprint density at radius 3 is 2.75 bits per heavy atom. The first kappa shape index (κ1) is 16.3. The maximum atomic E-state index is 12.7. The highest BCUT2D eigenvalue weighted by molar-refractivity contribution is 6.31. The summed E-state index contributed by atoms with van der Waals surface area (Å²) in [5, 5.41) is 0.493. The van der Waals surface area contributed by atoms with Gasteiger partial charge in [-0.1, -0.05) is 11.6 Å². The quantitative estimate of drug-likeness (QED) is 0.559. The van der Waals surface area contributed by atoms with Crippen LogP contribution in [0.2, 0.25) is 5.02 Å². The number of alkyl halides is 3. The number of aliphatic imine (C=N–C) groups is 1. The SMILES string of the molecule is Cn1c(N=Cc2cc(Cl)ccc2N)nc2cc(C(F)(F)F)cnc21. The number of aryl methyl sites for hydroxylation is 1. The van der Waals surface area contributed by atoms with Crippen molar-refractivity contribution in [3.05, 3.63) is 46.6 Å². The van der Waals surface area contributed by atoms with E-state index in [1.165, 1.54) is 10.8 Å². The van der Waals surface area contributed by atoms with Crippen molar-refractivity contribution in [3.63, 3.8) is 0 Å². The second-order valence-electron chi connectivity index (χ2n) is 5.07. The first-order chi connectivity index (χ1) is 11.3. The van der Waals surface area contributed by atoms with Gasteiger partial charge in [0.2, 0.25) is 5.95 Å². The molecule has 0 aliphatic carbocycles. The summed E-state index contributed by atoms with van der Waals surface area (Å²) in [4.78, 5) is 12.1. The number of rotatable bonds is 2. The molecule has 9 heteroatoms. The van der Waals surface area contributed by atoms with Crippen LogP contribution >= 0.6 is 11.6 Å². The van der Waals surface area contributed by atoms with Crippen LogP contribution in [0.4, 0.5) is 24.8 Å². The summed E-state index contributed by atoms with van der Waals surface area (Å²) in [6, 6.07) is 5.85. The fourth-order valence-electron chi connectivity index (χ4n) is 2.12. The third kappa shape index (κ3) is 3.05. The Morgan fingerprint density at radius 1 is 1.29 bits per heavy atom. The number of benzene rings is 1. The van der Waals surface area contributed by atoms with Gasteiger partial charge in [0.25, 0.3) is 0 Å². The van der Waals surface area contributed by atoms with E-state index >= 15 is 0 Å². The minimum atomic E-state index is -4.47. The lowest BCUT2D eigenvalue weighted by atomic mass is 10.2. The van der Waals surface area contributed by atoms with E-state index in [9.17, 15) is 13.2 Å². The third-order valence-corrected chi connectivity index (χ3v) is 3.62. The van der Waals surface area contributed by atoms with Crippen LogP contribution in [-0.4, -0.2) is 20.7 Å². The number of hydrogen-bond donors (Lipinski definition) is 1. The summed E-state index contributed by atoms with van der Waals surface area (Å²) in [7, 11) is 1.61. The topological polar surface area (TPSA) is 69.1 Å². The Balaban J connectivity index is 2.02. The van der Waals surface area contributed by atoms with E-state index < -0.39 is 11.7 Å². The molecular formula is C15H11ClF3N5. The lowest BCUT2D eigenvalue weighted by molar-refractivity contribution is -0.137. The van der Waals surface area contributed by atoms with Crippen molar-refractivity contribution >= 4 is 40.6 Å². The first-order valence-corrected chi connectivity index (χ1v) is 7.12. The van der Waals surface area contributed by atoms with Gasteiger partial charge in [-0.05, 0) is 24.3 Å². The van der Waals surface area contributed by atoms with Crippen LogP contribution in [0.15, 0.2) is 35.5 Å². The van der Waals surface area contributed by atoms with Gasteiger partial charge < -0.3 is 5.73 Å². The van der Waals surface area contributed by atoms with Crippen molar-refractivity contribution in [2.75, 3.05) is 5.73 Å². The van der Waals surface area contributed by atoms with E-state index in [0.29, 0.717) is 21.9 Å². The summed E-state index contributed by atoms with van der Waals surface area (Å²) >= 11 is 5.90. The van der Waals surface area contributed by atoms with Gasteiger partial charge in [-0.2, -0.15) is 13.2 Å². The fraction of sp³-hybridized carbons (Fsp3) is 0.133. The highest BCUT2D eigenvalue weighted by Crippen LogP contribution is 2.31. The average Bonchev–Trinajstić information content (AvgIpc) is 2.83. The predicted molar refractivity (Wildman–Crippen MR) is 86.6 cm³/mol. The highest BCUT2D eigenvalue weighted by Gasteiger charge is 2.31. The summed E-state index contributed by atoms with van der Waals surface area (Å²) in [6.45, 7) is 0. The number of hydrogen-bond acceptors (Lipinski definition) is 4. The van der Waals surface area contributed by atoms with Gasteiger partial charge in [-0.3, -0.25) is 4.57 Å². The van der Waals surface area contributed by atoms with E-state index in [4.69, 9.17) is 17.3 Å². The van der Waals surface area contributed by atoms with Gasteiger partial charge in [-0.25, -0.2) is 15.0 Å². The Kier molecular flexibility index (Phi) is 3.92. The van der Waals surface area contributed by atoms with Crippen molar-refractivity contribution in [1.82, 2.24) is 14.5 Å². The molecule has 2 aromatic heterocycles. The molecule has 3 aromatic rings. The van der Waals surface area contributed by atoms with Crippen LogP contribution in [0, 0.1) is 0 Å². The lowest BCUT2D eigenvalue weighted by Crippen LogP contribution is -2.05. The van der Waals surface area contributed by atoms with Crippen molar-refractivity contribution in [3.8, 4) is 0 Å². The maximum Gasteiger partial charge on any atom is 0.417 e. The van der Waals surface area contributed by atoms with Gasteiger partial charge in [0.15, 0.2) is 5.65 Å². The Hall–Kier alpha value is -2.61. The molecule has 2 heterocycles. The second kappa shape index (κ2) is 5.79. The molecule has 2 N–H and O–H groups in total. The van der Waals surface area contributed by atoms with E-state index in [-0.39, 0.29) is 11.5 Å². The van der Waals surface area contributed by atoms with Crippen LogP contribution in [-0.2, 0) is 13.2 Å². The van der Waals surface area contributed by atoms with Gasteiger partial charge in [-0.15, -0.1) is 0 Å². The molecule has 0 saturated carbocycles. The molecule has 0 unspecified atom stereocenters. The molecule has 0 fully saturated rings. The van der Waals surface area contributed by atoms with Gasteiger partial charge >= 0.3 is 6.18 Å². The molecule has 124 valence electrons. The number of nitrogens with zero attached hydrogens (tertiary/aromatic N) is 4. The number of anilines is 1. The van der Waals surface area contributed by atoms with E-state index in [0.717, 1.165) is 12.3 Å². The van der Waals surface area contributed by atoms with Crippen molar-refractivity contribution in [1.29, 1.82) is 0 Å². The number of nitrogens with two attached hydrogens (primary N) is 1. The van der Waals surface area contributed by atoms with Crippen molar-refractivity contribution in [2.45, 2.75) is 6.18 Å². The van der Waals surface area contributed by atoms with Gasteiger partial charge in [0.05, 0.1) is 5.56 Å². The number of pyridine rings is 1. The fourth-order valence-corrected chi connectivity index (χ4v) is 2.30. The van der Waals surface area contributed by atoms with E-state index in [2.05, 4.69) is 15.0 Å². The molecule has 0 amide bonds. The lowest BCUT2D eigenvalue weighted by Gasteiger charge is -2.04.